The van der Waals surface area contributed by atoms with Crippen LogP contribution in [0.1, 0.15) is 15.2 Å². The maximum atomic E-state index is 12.0. The standard InChI is InChI=1S/C12H9BrClNOS/c13-9-5-6-17-11(9)12(16)15-10-4-2-1-3-8(10)7-14/h1-6H,7H2,(H,15,16). The Morgan fingerprint density at radius 1 is 1.35 bits per heavy atom. The number of carbonyl (C=O) groups excluding carboxylic acids is 1. The Bertz CT molecular complexity index is 541. The van der Waals surface area contributed by atoms with E-state index in [-0.39, 0.29) is 5.91 Å². The first-order chi connectivity index (χ1) is 8.22. The van der Waals surface area contributed by atoms with Gasteiger partial charge >= 0.3 is 0 Å². The average Bonchev–Trinajstić information content (AvgIpc) is 2.76. The van der Waals surface area contributed by atoms with Gasteiger partial charge in [0.1, 0.15) is 4.88 Å². The number of hydrogen-bond acceptors (Lipinski definition) is 2. The van der Waals surface area contributed by atoms with Crippen molar-refractivity contribution in [3.05, 3.63) is 50.6 Å². The summed E-state index contributed by atoms with van der Waals surface area (Å²) in [7, 11) is 0. The second-order valence-corrected chi connectivity index (χ2v) is 5.38. The predicted octanol–water partition coefficient (Wildman–Crippen LogP) is 4.50. The number of alkyl halides is 1. The molecule has 0 aliphatic heterocycles. The minimum absolute atomic E-state index is 0.121. The highest BCUT2D eigenvalue weighted by Gasteiger charge is 2.12. The van der Waals surface area contributed by atoms with Gasteiger partial charge in [0.25, 0.3) is 5.91 Å². The van der Waals surface area contributed by atoms with Gasteiger partial charge in [0.05, 0.1) is 0 Å². The maximum Gasteiger partial charge on any atom is 0.266 e. The van der Waals surface area contributed by atoms with E-state index in [2.05, 4.69) is 21.2 Å². The molecule has 17 heavy (non-hydrogen) atoms. The van der Waals surface area contributed by atoms with Gasteiger partial charge in [-0.25, -0.2) is 0 Å². The summed E-state index contributed by atoms with van der Waals surface area (Å²) in [4.78, 5) is 12.7. The molecule has 0 saturated heterocycles. The lowest BCUT2D eigenvalue weighted by atomic mass is 10.2. The van der Waals surface area contributed by atoms with Gasteiger partial charge < -0.3 is 5.32 Å². The van der Waals surface area contributed by atoms with Crippen molar-refractivity contribution in [3.63, 3.8) is 0 Å². The van der Waals surface area contributed by atoms with Gasteiger partial charge in [-0.1, -0.05) is 18.2 Å². The fourth-order valence-electron chi connectivity index (χ4n) is 1.39. The molecule has 88 valence electrons. The number of nitrogens with one attached hydrogen (secondary N) is 1. The van der Waals surface area contributed by atoms with Gasteiger partial charge in [-0.15, -0.1) is 22.9 Å². The number of rotatable bonds is 3. The molecule has 2 aromatic rings. The Balaban J connectivity index is 2.22. The monoisotopic (exact) mass is 329 g/mol. The number of carbonyl (C=O) groups is 1. The van der Waals surface area contributed by atoms with Crippen molar-refractivity contribution in [1.82, 2.24) is 0 Å². The minimum Gasteiger partial charge on any atom is -0.321 e. The van der Waals surface area contributed by atoms with Crippen LogP contribution in [0.3, 0.4) is 0 Å². The van der Waals surface area contributed by atoms with E-state index in [9.17, 15) is 4.79 Å². The van der Waals surface area contributed by atoms with Crippen LogP contribution in [0.2, 0.25) is 0 Å². The van der Waals surface area contributed by atoms with E-state index in [1.165, 1.54) is 11.3 Å². The van der Waals surface area contributed by atoms with E-state index in [0.29, 0.717) is 10.8 Å². The van der Waals surface area contributed by atoms with Gasteiger partial charge in [0, 0.05) is 16.0 Å². The fraction of sp³-hybridized carbons (Fsp3) is 0.0833. The SMILES string of the molecule is O=C(Nc1ccccc1CCl)c1sccc1Br. The number of thiophene rings is 1. The van der Waals surface area contributed by atoms with E-state index in [0.717, 1.165) is 15.7 Å². The lowest BCUT2D eigenvalue weighted by molar-refractivity contribution is 0.103. The molecule has 1 aromatic carbocycles. The molecular formula is C12H9BrClNOS. The number of para-hydroxylation sites is 1. The molecule has 5 heteroatoms. The lowest BCUT2D eigenvalue weighted by Crippen LogP contribution is -2.11. The summed E-state index contributed by atoms with van der Waals surface area (Å²) in [6, 6.07) is 9.36. The van der Waals surface area contributed by atoms with E-state index in [4.69, 9.17) is 11.6 Å². The third-order valence-corrected chi connectivity index (χ3v) is 4.36. The normalized spacial score (nSPS) is 10.2. The fourth-order valence-corrected chi connectivity index (χ4v) is 3.07. The van der Waals surface area contributed by atoms with E-state index >= 15 is 0 Å². The summed E-state index contributed by atoms with van der Waals surface area (Å²) < 4.78 is 0.809. The quantitative estimate of drug-likeness (QED) is 0.825. The van der Waals surface area contributed by atoms with Gasteiger partial charge in [0.15, 0.2) is 0 Å². The molecule has 1 aromatic heterocycles. The first-order valence-corrected chi connectivity index (χ1v) is 7.11. The van der Waals surface area contributed by atoms with Crippen molar-refractivity contribution in [3.8, 4) is 0 Å². The minimum atomic E-state index is -0.121. The summed E-state index contributed by atoms with van der Waals surface area (Å²) in [6.45, 7) is 0. The molecule has 1 N–H and O–H groups in total. The molecule has 2 nitrogen and oxygen atoms in total. The second-order valence-electron chi connectivity index (χ2n) is 3.34. The highest BCUT2D eigenvalue weighted by Crippen LogP contribution is 2.25. The first-order valence-electron chi connectivity index (χ1n) is 4.90. The van der Waals surface area contributed by atoms with Crippen LogP contribution in [0.25, 0.3) is 0 Å². The number of anilines is 1. The molecule has 2 rings (SSSR count). The van der Waals surface area contributed by atoms with Gasteiger partial charge in [0.2, 0.25) is 0 Å². The number of hydrogen-bond donors (Lipinski definition) is 1. The smallest absolute Gasteiger partial charge is 0.266 e. The van der Waals surface area contributed by atoms with Gasteiger partial charge in [-0.2, -0.15) is 0 Å². The Hall–Kier alpha value is -0.840. The molecule has 0 saturated carbocycles. The van der Waals surface area contributed by atoms with Crippen LogP contribution in [-0.2, 0) is 5.88 Å². The molecular weight excluding hydrogens is 322 g/mol. The van der Waals surface area contributed by atoms with Crippen LogP contribution in [0.5, 0.6) is 0 Å². The molecule has 0 unspecified atom stereocenters. The maximum absolute atomic E-state index is 12.0. The number of halogens is 2. The average molecular weight is 331 g/mol. The lowest BCUT2D eigenvalue weighted by Gasteiger charge is -2.08. The van der Waals surface area contributed by atoms with Crippen LogP contribution < -0.4 is 5.32 Å². The van der Waals surface area contributed by atoms with Crippen molar-refractivity contribution in [2.75, 3.05) is 5.32 Å². The molecule has 1 amide bonds. The summed E-state index contributed by atoms with van der Waals surface area (Å²) in [5.74, 6) is 0.256. The molecule has 0 radical (unpaired) electrons. The summed E-state index contributed by atoms with van der Waals surface area (Å²) in [6.07, 6.45) is 0. The van der Waals surface area contributed by atoms with Crippen molar-refractivity contribution in [2.45, 2.75) is 5.88 Å². The molecule has 0 aliphatic rings. The number of benzene rings is 1. The van der Waals surface area contributed by atoms with E-state index in [1.54, 1.807) is 0 Å². The zero-order valence-electron chi connectivity index (χ0n) is 8.74. The third-order valence-electron chi connectivity index (χ3n) is 2.23. The second kappa shape index (κ2) is 5.67. The Kier molecular flexibility index (Phi) is 4.20. The highest BCUT2D eigenvalue weighted by atomic mass is 79.9. The van der Waals surface area contributed by atoms with Crippen LogP contribution in [0.15, 0.2) is 40.2 Å². The largest absolute Gasteiger partial charge is 0.321 e. The van der Waals surface area contributed by atoms with Crippen LogP contribution in [-0.4, -0.2) is 5.91 Å². The topological polar surface area (TPSA) is 29.1 Å². The van der Waals surface area contributed by atoms with E-state index < -0.39 is 0 Å². The molecule has 0 fully saturated rings. The Morgan fingerprint density at radius 2 is 2.12 bits per heavy atom. The van der Waals surface area contributed by atoms with E-state index in [1.807, 2.05) is 35.7 Å². The first kappa shape index (κ1) is 12.6. The molecule has 0 spiro atoms. The Morgan fingerprint density at radius 3 is 2.76 bits per heavy atom. The zero-order valence-corrected chi connectivity index (χ0v) is 11.9. The zero-order chi connectivity index (χ0) is 12.3. The van der Waals surface area contributed by atoms with Crippen molar-refractivity contribution in [2.24, 2.45) is 0 Å². The number of amides is 1. The van der Waals surface area contributed by atoms with Crippen LogP contribution >= 0.6 is 38.9 Å². The Labute approximate surface area is 117 Å². The summed E-state index contributed by atoms with van der Waals surface area (Å²) in [5.41, 5.74) is 1.67. The van der Waals surface area contributed by atoms with Crippen molar-refractivity contribution < 1.29 is 4.79 Å². The van der Waals surface area contributed by atoms with Crippen molar-refractivity contribution in [1.29, 1.82) is 0 Å². The molecule has 1 heterocycles. The highest BCUT2D eigenvalue weighted by molar-refractivity contribution is 9.10. The summed E-state index contributed by atoms with van der Waals surface area (Å²) >= 11 is 10.6. The molecule has 0 bridgehead atoms. The molecule has 0 aliphatic carbocycles. The van der Waals surface area contributed by atoms with Crippen LogP contribution in [0.4, 0.5) is 5.69 Å². The third kappa shape index (κ3) is 2.89. The van der Waals surface area contributed by atoms with Gasteiger partial charge in [-0.05, 0) is 39.0 Å². The molecule has 0 atom stereocenters. The predicted molar refractivity (Wildman–Crippen MR) is 76.0 cm³/mol. The van der Waals surface area contributed by atoms with Gasteiger partial charge in [-0.3, -0.25) is 4.79 Å². The van der Waals surface area contributed by atoms with Crippen molar-refractivity contribution >= 4 is 50.5 Å². The van der Waals surface area contributed by atoms with Crippen LogP contribution in [0, 0.1) is 0 Å². The summed E-state index contributed by atoms with van der Waals surface area (Å²) in [5, 5.41) is 4.73.